The number of nitriles is 1. The first-order valence-electron chi connectivity index (χ1n) is 8.54. The summed E-state index contributed by atoms with van der Waals surface area (Å²) in [5.41, 5.74) is 3.26. The van der Waals surface area contributed by atoms with Crippen molar-refractivity contribution in [2.75, 3.05) is 34.3 Å². The highest BCUT2D eigenvalue weighted by Crippen LogP contribution is 2.13. The summed E-state index contributed by atoms with van der Waals surface area (Å²) in [6.07, 6.45) is 0. The maximum atomic E-state index is 13.1. The number of amides is 1. The van der Waals surface area contributed by atoms with Gasteiger partial charge in [0.1, 0.15) is 0 Å². The van der Waals surface area contributed by atoms with E-state index in [1.807, 2.05) is 55.4 Å². The average Bonchev–Trinajstić information content (AvgIpc) is 2.65. The Bertz CT molecular complexity index is 764. The van der Waals surface area contributed by atoms with Crippen molar-refractivity contribution in [3.05, 3.63) is 70.8 Å². The Morgan fingerprint density at radius 2 is 1.81 bits per heavy atom. The quantitative estimate of drug-likeness (QED) is 0.734. The number of ether oxygens (including phenoxy) is 1. The van der Waals surface area contributed by atoms with Gasteiger partial charge in [-0.3, -0.25) is 4.79 Å². The van der Waals surface area contributed by atoms with E-state index in [0.717, 1.165) is 17.7 Å². The van der Waals surface area contributed by atoms with Crippen LogP contribution in [-0.4, -0.2) is 50.0 Å². The van der Waals surface area contributed by atoms with Crippen LogP contribution in [0.4, 0.5) is 0 Å². The molecule has 1 amide bonds. The molecule has 0 N–H and O–H groups in total. The molecule has 0 spiro atoms. The lowest BCUT2D eigenvalue weighted by molar-refractivity contribution is 0.0731. The van der Waals surface area contributed by atoms with Gasteiger partial charge in [0.25, 0.3) is 5.91 Å². The molecule has 0 saturated heterocycles. The van der Waals surface area contributed by atoms with E-state index in [9.17, 15) is 4.79 Å². The minimum atomic E-state index is -0.00540. The number of likely N-dealkylation sites (N-methyl/N-ethyl adjacent to an activating group) is 1. The SMILES string of the molecule is COCc1cccc(C(=O)N(CCN(C)C)Cc2ccc(C#N)cc2)c1. The van der Waals surface area contributed by atoms with Crippen molar-refractivity contribution < 1.29 is 9.53 Å². The highest BCUT2D eigenvalue weighted by Gasteiger charge is 2.17. The van der Waals surface area contributed by atoms with Crippen molar-refractivity contribution in [2.24, 2.45) is 0 Å². The van der Waals surface area contributed by atoms with Gasteiger partial charge in [0.05, 0.1) is 18.2 Å². The first-order valence-corrected chi connectivity index (χ1v) is 8.54. The van der Waals surface area contributed by atoms with Crippen LogP contribution in [0.1, 0.15) is 27.0 Å². The van der Waals surface area contributed by atoms with Gasteiger partial charge in [0.2, 0.25) is 0 Å². The number of carbonyl (C=O) groups excluding carboxylic acids is 1. The minimum absolute atomic E-state index is 0.00540. The zero-order chi connectivity index (χ0) is 18.9. The summed E-state index contributed by atoms with van der Waals surface area (Å²) in [4.78, 5) is 17.0. The van der Waals surface area contributed by atoms with Crippen molar-refractivity contribution in [3.8, 4) is 6.07 Å². The van der Waals surface area contributed by atoms with Gasteiger partial charge >= 0.3 is 0 Å². The molecule has 0 atom stereocenters. The molecule has 2 aromatic carbocycles. The Hall–Kier alpha value is -2.68. The molecule has 2 aromatic rings. The third-order valence-corrected chi connectivity index (χ3v) is 4.05. The molecule has 5 nitrogen and oxygen atoms in total. The van der Waals surface area contributed by atoms with E-state index in [2.05, 4.69) is 11.0 Å². The van der Waals surface area contributed by atoms with Crippen LogP contribution < -0.4 is 0 Å². The molecular weight excluding hydrogens is 326 g/mol. The van der Waals surface area contributed by atoms with Crippen LogP contribution in [0.2, 0.25) is 0 Å². The minimum Gasteiger partial charge on any atom is -0.380 e. The summed E-state index contributed by atoms with van der Waals surface area (Å²) in [6, 6.07) is 17.0. The number of hydrogen-bond acceptors (Lipinski definition) is 4. The molecule has 0 aromatic heterocycles. The summed E-state index contributed by atoms with van der Waals surface area (Å²) in [5, 5.41) is 8.93. The third kappa shape index (κ3) is 5.69. The molecule has 5 heteroatoms. The van der Waals surface area contributed by atoms with E-state index in [-0.39, 0.29) is 5.91 Å². The molecule has 0 aliphatic rings. The monoisotopic (exact) mass is 351 g/mol. The fourth-order valence-corrected chi connectivity index (χ4v) is 2.62. The Morgan fingerprint density at radius 1 is 1.08 bits per heavy atom. The van der Waals surface area contributed by atoms with Crippen molar-refractivity contribution in [1.29, 1.82) is 5.26 Å². The molecule has 0 bridgehead atoms. The highest BCUT2D eigenvalue weighted by atomic mass is 16.5. The predicted octanol–water partition coefficient (Wildman–Crippen LogP) is 2.91. The van der Waals surface area contributed by atoms with Crippen LogP contribution in [0.5, 0.6) is 0 Å². The molecule has 0 unspecified atom stereocenters. The predicted molar refractivity (Wildman–Crippen MR) is 102 cm³/mol. The number of hydrogen-bond donors (Lipinski definition) is 0. The van der Waals surface area contributed by atoms with Gasteiger partial charge in [-0.2, -0.15) is 5.26 Å². The second-order valence-corrected chi connectivity index (χ2v) is 6.47. The standard InChI is InChI=1S/C21H25N3O2/c1-23(2)11-12-24(15-18-9-7-17(14-22)8-10-18)21(25)20-6-4-5-19(13-20)16-26-3/h4-10,13H,11-12,15-16H2,1-3H3. The first-order chi connectivity index (χ1) is 12.5. The molecule has 136 valence electrons. The first kappa shape index (κ1) is 19.6. The summed E-state index contributed by atoms with van der Waals surface area (Å²) < 4.78 is 5.16. The van der Waals surface area contributed by atoms with E-state index < -0.39 is 0 Å². The lowest BCUT2D eigenvalue weighted by atomic mass is 10.1. The van der Waals surface area contributed by atoms with E-state index >= 15 is 0 Å². The van der Waals surface area contributed by atoms with Gasteiger partial charge in [0, 0.05) is 32.3 Å². The fourth-order valence-electron chi connectivity index (χ4n) is 2.62. The van der Waals surface area contributed by atoms with Crippen LogP contribution in [-0.2, 0) is 17.9 Å². The number of nitrogens with zero attached hydrogens (tertiary/aromatic N) is 3. The molecule has 0 radical (unpaired) electrons. The second kappa shape index (κ2) is 9.71. The number of methoxy groups -OCH3 is 1. The molecule has 0 fully saturated rings. The van der Waals surface area contributed by atoms with Crippen molar-refractivity contribution >= 4 is 5.91 Å². The Kier molecular flexibility index (Phi) is 7.34. The van der Waals surface area contributed by atoms with Gasteiger partial charge in [-0.15, -0.1) is 0 Å². The van der Waals surface area contributed by atoms with Crippen LogP contribution in [0.25, 0.3) is 0 Å². The van der Waals surface area contributed by atoms with Crippen LogP contribution >= 0.6 is 0 Å². The summed E-state index contributed by atoms with van der Waals surface area (Å²) in [5.74, 6) is -0.00540. The zero-order valence-corrected chi connectivity index (χ0v) is 15.6. The molecule has 0 heterocycles. The van der Waals surface area contributed by atoms with E-state index in [4.69, 9.17) is 10.00 Å². The van der Waals surface area contributed by atoms with Crippen LogP contribution in [0.15, 0.2) is 48.5 Å². The van der Waals surface area contributed by atoms with Gasteiger partial charge in [-0.05, 0) is 49.5 Å². The summed E-state index contributed by atoms with van der Waals surface area (Å²) >= 11 is 0. The number of benzene rings is 2. The lowest BCUT2D eigenvalue weighted by Gasteiger charge is -2.25. The van der Waals surface area contributed by atoms with E-state index in [1.54, 1.807) is 19.2 Å². The summed E-state index contributed by atoms with van der Waals surface area (Å²) in [7, 11) is 5.62. The largest absolute Gasteiger partial charge is 0.380 e. The summed E-state index contributed by atoms with van der Waals surface area (Å²) in [6.45, 7) is 2.39. The van der Waals surface area contributed by atoms with Crippen LogP contribution in [0, 0.1) is 11.3 Å². The van der Waals surface area contributed by atoms with Gasteiger partial charge in [-0.25, -0.2) is 0 Å². The van der Waals surface area contributed by atoms with E-state index in [0.29, 0.717) is 30.8 Å². The average molecular weight is 351 g/mol. The van der Waals surface area contributed by atoms with E-state index in [1.165, 1.54) is 0 Å². The van der Waals surface area contributed by atoms with Gasteiger partial charge in [0.15, 0.2) is 0 Å². The van der Waals surface area contributed by atoms with Crippen molar-refractivity contribution in [3.63, 3.8) is 0 Å². The molecule has 0 saturated carbocycles. The second-order valence-electron chi connectivity index (χ2n) is 6.47. The zero-order valence-electron chi connectivity index (χ0n) is 15.6. The van der Waals surface area contributed by atoms with Crippen molar-refractivity contribution in [2.45, 2.75) is 13.2 Å². The fraction of sp³-hybridized carbons (Fsp3) is 0.333. The Morgan fingerprint density at radius 3 is 2.42 bits per heavy atom. The molecule has 26 heavy (non-hydrogen) atoms. The topological polar surface area (TPSA) is 56.6 Å². The highest BCUT2D eigenvalue weighted by molar-refractivity contribution is 5.94. The molecular formula is C21H25N3O2. The Labute approximate surface area is 155 Å². The Balaban J connectivity index is 2.20. The lowest BCUT2D eigenvalue weighted by Crippen LogP contribution is -2.36. The maximum Gasteiger partial charge on any atom is 0.254 e. The molecule has 0 aliphatic heterocycles. The van der Waals surface area contributed by atoms with Gasteiger partial charge in [-0.1, -0.05) is 24.3 Å². The van der Waals surface area contributed by atoms with Crippen LogP contribution in [0.3, 0.4) is 0 Å². The number of rotatable bonds is 8. The van der Waals surface area contributed by atoms with Gasteiger partial charge < -0.3 is 14.5 Å². The third-order valence-electron chi connectivity index (χ3n) is 4.05. The smallest absolute Gasteiger partial charge is 0.254 e. The number of carbonyl (C=O) groups is 1. The normalized spacial score (nSPS) is 10.6. The molecule has 2 rings (SSSR count). The van der Waals surface area contributed by atoms with Crippen molar-refractivity contribution in [1.82, 2.24) is 9.80 Å². The molecule has 0 aliphatic carbocycles. The maximum absolute atomic E-state index is 13.1.